The summed E-state index contributed by atoms with van der Waals surface area (Å²) in [5.74, 6) is 0. The third-order valence-electron chi connectivity index (χ3n) is 3.19. The fraction of sp³-hybridized carbons (Fsp3) is 0.176. The van der Waals surface area contributed by atoms with E-state index in [4.69, 9.17) is 4.98 Å². The van der Waals surface area contributed by atoms with Crippen LogP contribution >= 0.6 is 11.8 Å². The number of nitrogens with zero attached hydrogens (tertiary/aromatic N) is 2. The number of fused-ring (bicyclic) bond motifs is 1. The highest BCUT2D eigenvalue weighted by Gasteiger charge is 2.08. The van der Waals surface area contributed by atoms with Crippen LogP contribution in [0, 0.1) is 0 Å². The van der Waals surface area contributed by atoms with Crippen LogP contribution in [0.25, 0.3) is 10.9 Å². The Labute approximate surface area is 128 Å². The molecule has 3 nitrogen and oxygen atoms in total. The van der Waals surface area contributed by atoms with Gasteiger partial charge in [0.15, 0.2) is 0 Å². The van der Waals surface area contributed by atoms with Crippen molar-refractivity contribution in [3.05, 3.63) is 60.4 Å². The van der Waals surface area contributed by atoms with Crippen LogP contribution in [-0.2, 0) is 6.54 Å². The largest absolute Gasteiger partial charge is 0.313 e. The van der Waals surface area contributed by atoms with Gasteiger partial charge in [-0.2, -0.15) is 0 Å². The molecule has 0 saturated heterocycles. The minimum absolute atomic E-state index is 0.835. The van der Waals surface area contributed by atoms with Crippen molar-refractivity contribution >= 4 is 22.7 Å². The van der Waals surface area contributed by atoms with Crippen LogP contribution < -0.4 is 5.32 Å². The fourth-order valence-corrected chi connectivity index (χ4v) is 3.02. The molecule has 0 atom stereocenters. The van der Waals surface area contributed by atoms with E-state index in [0.717, 1.165) is 28.5 Å². The molecule has 0 saturated carbocycles. The molecule has 0 spiro atoms. The van der Waals surface area contributed by atoms with E-state index >= 15 is 0 Å². The number of hydrogen-bond acceptors (Lipinski definition) is 4. The van der Waals surface area contributed by atoms with E-state index in [0.29, 0.717) is 0 Å². The summed E-state index contributed by atoms with van der Waals surface area (Å²) in [6.45, 7) is 3.90. The zero-order valence-corrected chi connectivity index (χ0v) is 12.7. The zero-order chi connectivity index (χ0) is 14.5. The van der Waals surface area contributed by atoms with Crippen molar-refractivity contribution in [1.29, 1.82) is 0 Å². The van der Waals surface area contributed by atoms with E-state index < -0.39 is 0 Å². The average molecular weight is 295 g/mol. The van der Waals surface area contributed by atoms with Crippen molar-refractivity contribution in [3.8, 4) is 0 Å². The molecule has 3 rings (SSSR count). The van der Waals surface area contributed by atoms with Gasteiger partial charge in [0.2, 0.25) is 0 Å². The van der Waals surface area contributed by atoms with Crippen LogP contribution in [0.5, 0.6) is 0 Å². The van der Waals surface area contributed by atoms with Gasteiger partial charge in [0.05, 0.1) is 5.52 Å². The molecule has 0 aliphatic heterocycles. The normalized spacial score (nSPS) is 10.9. The minimum Gasteiger partial charge on any atom is -0.313 e. The standard InChI is InChI=1S/C17H17N3S/c1-2-18-12-14-11-13-5-3-4-6-16(13)20-17(14)21-15-7-9-19-10-8-15/h3-11,18H,2,12H2,1H3. The molecule has 0 fully saturated rings. The van der Waals surface area contributed by atoms with Crippen LogP contribution in [0.3, 0.4) is 0 Å². The number of rotatable bonds is 5. The molecule has 0 amide bonds. The summed E-state index contributed by atoms with van der Waals surface area (Å²) in [4.78, 5) is 10.0. The number of nitrogens with one attached hydrogen (secondary N) is 1. The van der Waals surface area contributed by atoms with Crippen molar-refractivity contribution < 1.29 is 0 Å². The van der Waals surface area contributed by atoms with Gasteiger partial charge in [-0.1, -0.05) is 36.9 Å². The summed E-state index contributed by atoms with van der Waals surface area (Å²) in [5.41, 5.74) is 2.27. The van der Waals surface area contributed by atoms with Gasteiger partial charge in [-0.3, -0.25) is 4.98 Å². The van der Waals surface area contributed by atoms with Gasteiger partial charge >= 0.3 is 0 Å². The van der Waals surface area contributed by atoms with Gasteiger partial charge in [-0.15, -0.1) is 0 Å². The van der Waals surface area contributed by atoms with Gasteiger partial charge in [-0.25, -0.2) is 4.98 Å². The predicted molar refractivity (Wildman–Crippen MR) is 87.5 cm³/mol. The van der Waals surface area contributed by atoms with Crippen LogP contribution in [-0.4, -0.2) is 16.5 Å². The Morgan fingerprint density at radius 3 is 2.71 bits per heavy atom. The molecule has 0 radical (unpaired) electrons. The van der Waals surface area contributed by atoms with Crippen LogP contribution in [0.1, 0.15) is 12.5 Å². The molecule has 21 heavy (non-hydrogen) atoms. The third-order valence-corrected chi connectivity index (χ3v) is 4.25. The Hall–Kier alpha value is -1.91. The number of para-hydroxylation sites is 1. The Kier molecular flexibility index (Phi) is 4.48. The van der Waals surface area contributed by atoms with Gasteiger partial charge in [0, 0.05) is 29.2 Å². The lowest BCUT2D eigenvalue weighted by molar-refractivity contribution is 0.713. The van der Waals surface area contributed by atoms with Crippen LogP contribution in [0.2, 0.25) is 0 Å². The molecule has 2 aromatic heterocycles. The first kappa shape index (κ1) is 14.0. The van der Waals surface area contributed by atoms with E-state index in [1.165, 1.54) is 10.9 Å². The molecule has 0 unspecified atom stereocenters. The molecule has 106 valence electrons. The minimum atomic E-state index is 0.835. The Morgan fingerprint density at radius 1 is 1.10 bits per heavy atom. The molecule has 1 N–H and O–H groups in total. The molecular formula is C17H17N3S. The van der Waals surface area contributed by atoms with E-state index in [1.54, 1.807) is 11.8 Å². The molecule has 3 aromatic rings. The van der Waals surface area contributed by atoms with Crippen molar-refractivity contribution in [1.82, 2.24) is 15.3 Å². The number of pyridine rings is 2. The molecule has 0 bridgehead atoms. The summed E-state index contributed by atoms with van der Waals surface area (Å²) in [5, 5.41) is 5.63. The summed E-state index contributed by atoms with van der Waals surface area (Å²) in [6, 6.07) is 14.5. The third kappa shape index (κ3) is 3.40. The van der Waals surface area contributed by atoms with Gasteiger partial charge in [0.1, 0.15) is 5.03 Å². The van der Waals surface area contributed by atoms with E-state index in [2.05, 4.69) is 41.5 Å². The predicted octanol–water partition coefficient (Wildman–Crippen LogP) is 3.89. The average Bonchev–Trinajstić information content (AvgIpc) is 2.54. The van der Waals surface area contributed by atoms with Gasteiger partial charge in [-0.05, 0) is 36.4 Å². The maximum atomic E-state index is 4.83. The van der Waals surface area contributed by atoms with Crippen LogP contribution in [0.4, 0.5) is 0 Å². The lowest BCUT2D eigenvalue weighted by Gasteiger charge is -2.10. The highest BCUT2D eigenvalue weighted by molar-refractivity contribution is 7.99. The maximum Gasteiger partial charge on any atom is 0.106 e. The lowest BCUT2D eigenvalue weighted by Crippen LogP contribution is -2.13. The summed E-state index contributed by atoms with van der Waals surface area (Å²) < 4.78 is 0. The zero-order valence-electron chi connectivity index (χ0n) is 11.9. The summed E-state index contributed by atoms with van der Waals surface area (Å²) >= 11 is 1.69. The maximum absolute atomic E-state index is 4.83. The van der Waals surface area contributed by atoms with E-state index in [-0.39, 0.29) is 0 Å². The molecular weight excluding hydrogens is 278 g/mol. The smallest absolute Gasteiger partial charge is 0.106 e. The second-order valence-electron chi connectivity index (χ2n) is 4.71. The van der Waals surface area contributed by atoms with Gasteiger partial charge in [0.25, 0.3) is 0 Å². The SMILES string of the molecule is CCNCc1cc2ccccc2nc1Sc1ccncc1. The second kappa shape index (κ2) is 6.70. The highest BCUT2D eigenvalue weighted by atomic mass is 32.2. The monoisotopic (exact) mass is 295 g/mol. The number of aromatic nitrogens is 2. The summed E-state index contributed by atoms with van der Waals surface area (Å²) in [7, 11) is 0. The quantitative estimate of drug-likeness (QED) is 0.775. The van der Waals surface area contributed by atoms with Gasteiger partial charge < -0.3 is 5.32 Å². The fourth-order valence-electron chi connectivity index (χ4n) is 2.13. The van der Waals surface area contributed by atoms with E-state index in [1.807, 2.05) is 30.6 Å². The highest BCUT2D eigenvalue weighted by Crippen LogP contribution is 2.30. The van der Waals surface area contributed by atoms with Crippen LogP contribution in [0.15, 0.2) is 64.8 Å². The second-order valence-corrected chi connectivity index (χ2v) is 5.77. The van der Waals surface area contributed by atoms with Crippen molar-refractivity contribution in [2.45, 2.75) is 23.4 Å². The molecule has 2 heterocycles. The lowest BCUT2D eigenvalue weighted by atomic mass is 10.1. The molecule has 0 aliphatic carbocycles. The Bertz CT molecular complexity index is 728. The molecule has 1 aromatic carbocycles. The summed E-state index contributed by atoms with van der Waals surface area (Å²) in [6.07, 6.45) is 3.63. The Morgan fingerprint density at radius 2 is 1.90 bits per heavy atom. The molecule has 4 heteroatoms. The first-order chi connectivity index (χ1) is 10.4. The first-order valence-electron chi connectivity index (χ1n) is 7.04. The van der Waals surface area contributed by atoms with E-state index in [9.17, 15) is 0 Å². The topological polar surface area (TPSA) is 37.8 Å². The molecule has 0 aliphatic rings. The number of hydrogen-bond donors (Lipinski definition) is 1. The first-order valence-corrected chi connectivity index (χ1v) is 7.85. The van der Waals surface area contributed by atoms with Crippen molar-refractivity contribution in [3.63, 3.8) is 0 Å². The Balaban J connectivity index is 2.01. The number of benzene rings is 1. The van der Waals surface area contributed by atoms with Crippen molar-refractivity contribution in [2.75, 3.05) is 6.54 Å². The van der Waals surface area contributed by atoms with Crippen molar-refractivity contribution in [2.24, 2.45) is 0 Å².